The number of carbonyl (C=O) groups is 2. The van der Waals surface area contributed by atoms with E-state index in [9.17, 15) is 9.59 Å². The minimum atomic E-state index is -0.183. The minimum Gasteiger partial charge on any atom is -0.328 e. The van der Waals surface area contributed by atoms with Crippen LogP contribution in [-0.2, 0) is 11.8 Å². The van der Waals surface area contributed by atoms with E-state index in [0.717, 1.165) is 29.3 Å². The van der Waals surface area contributed by atoms with E-state index in [1.165, 1.54) is 11.8 Å². The van der Waals surface area contributed by atoms with Crippen LogP contribution >= 0.6 is 23.4 Å². The molecule has 7 nitrogen and oxygen atoms in total. The van der Waals surface area contributed by atoms with E-state index in [2.05, 4.69) is 15.5 Å². The number of thioether (sulfide) groups is 1. The molecule has 2 amide bonds. The Hall–Kier alpha value is -3.36. The number of carbonyl (C=O) groups excluding carboxylic acids is 2. The Kier molecular flexibility index (Phi) is 6.74. The Morgan fingerprint density at radius 1 is 1.06 bits per heavy atom. The first-order valence-corrected chi connectivity index (χ1v) is 12.7. The number of halogens is 1. The number of aromatic nitrogens is 3. The van der Waals surface area contributed by atoms with Gasteiger partial charge in [-0.05, 0) is 47.9 Å². The first kappa shape index (κ1) is 23.4. The molecule has 3 aromatic carbocycles. The van der Waals surface area contributed by atoms with Crippen LogP contribution in [0.4, 0.5) is 5.69 Å². The van der Waals surface area contributed by atoms with E-state index >= 15 is 0 Å². The highest BCUT2D eigenvalue weighted by atomic mass is 35.5. The number of benzene rings is 3. The maximum absolute atomic E-state index is 13.2. The van der Waals surface area contributed by atoms with Crippen molar-refractivity contribution in [2.75, 3.05) is 17.6 Å². The van der Waals surface area contributed by atoms with Crippen LogP contribution in [0.3, 0.4) is 0 Å². The summed E-state index contributed by atoms with van der Waals surface area (Å²) in [7, 11) is 1.87. The molecule has 4 aromatic rings. The molecule has 0 bridgehead atoms. The first-order chi connectivity index (χ1) is 17.0. The average molecular weight is 506 g/mol. The highest BCUT2D eigenvalue weighted by molar-refractivity contribution is 7.99. The summed E-state index contributed by atoms with van der Waals surface area (Å²) in [5.41, 5.74) is 1.25. The van der Waals surface area contributed by atoms with Crippen LogP contribution in [0.2, 0.25) is 5.02 Å². The molecule has 0 aliphatic carbocycles. The third-order valence-electron chi connectivity index (χ3n) is 6.15. The van der Waals surface area contributed by atoms with Crippen molar-refractivity contribution >= 4 is 51.6 Å². The highest BCUT2D eigenvalue weighted by Gasteiger charge is 2.34. The molecule has 1 aliphatic heterocycles. The molecule has 0 spiro atoms. The SMILES string of the molecule is Cn1c(SCC(=O)Nc2ccc3ccccc3c2)nnc1C1CCCN1C(=O)c1ccccc1Cl. The Balaban J connectivity index is 1.25. The van der Waals surface area contributed by atoms with Gasteiger partial charge >= 0.3 is 0 Å². The second-order valence-electron chi connectivity index (χ2n) is 8.43. The predicted octanol–water partition coefficient (Wildman–Crippen LogP) is 5.33. The van der Waals surface area contributed by atoms with Gasteiger partial charge in [0, 0.05) is 19.3 Å². The minimum absolute atomic E-state index is 0.106. The summed E-state index contributed by atoms with van der Waals surface area (Å²) in [6.45, 7) is 0.637. The summed E-state index contributed by atoms with van der Waals surface area (Å²) < 4.78 is 1.87. The maximum atomic E-state index is 13.2. The number of amides is 2. The Bertz CT molecular complexity index is 1410. The number of nitrogens with one attached hydrogen (secondary N) is 1. The fourth-order valence-electron chi connectivity index (χ4n) is 4.40. The molecule has 1 unspecified atom stereocenters. The Morgan fingerprint density at radius 3 is 2.66 bits per heavy atom. The quantitative estimate of drug-likeness (QED) is 0.358. The number of hydrogen-bond acceptors (Lipinski definition) is 5. The zero-order valence-corrected chi connectivity index (χ0v) is 20.7. The van der Waals surface area contributed by atoms with Gasteiger partial charge in [-0.25, -0.2) is 0 Å². The van der Waals surface area contributed by atoms with E-state index < -0.39 is 0 Å². The molecule has 1 aromatic heterocycles. The van der Waals surface area contributed by atoms with Gasteiger partial charge in [-0.15, -0.1) is 10.2 Å². The lowest BCUT2D eigenvalue weighted by atomic mass is 10.1. The maximum Gasteiger partial charge on any atom is 0.255 e. The molecule has 0 saturated carbocycles. The van der Waals surface area contributed by atoms with Gasteiger partial charge in [0.15, 0.2) is 11.0 Å². The summed E-state index contributed by atoms with van der Waals surface area (Å²) in [6, 6.07) is 20.8. The van der Waals surface area contributed by atoms with Crippen LogP contribution in [0.15, 0.2) is 71.9 Å². The zero-order chi connectivity index (χ0) is 24.4. The van der Waals surface area contributed by atoms with Gasteiger partial charge in [0.1, 0.15) is 0 Å². The molecule has 1 saturated heterocycles. The van der Waals surface area contributed by atoms with Crippen molar-refractivity contribution < 1.29 is 9.59 Å². The molecule has 0 radical (unpaired) electrons. The van der Waals surface area contributed by atoms with Crippen molar-refractivity contribution in [3.63, 3.8) is 0 Å². The molecule has 1 N–H and O–H groups in total. The fourth-order valence-corrected chi connectivity index (χ4v) is 5.34. The normalized spacial score (nSPS) is 15.5. The van der Waals surface area contributed by atoms with Gasteiger partial charge in [-0.2, -0.15) is 0 Å². The summed E-state index contributed by atoms with van der Waals surface area (Å²) in [6.07, 6.45) is 1.68. The number of fused-ring (bicyclic) bond motifs is 1. The average Bonchev–Trinajstić information content (AvgIpc) is 3.49. The number of hydrogen-bond donors (Lipinski definition) is 1. The third kappa shape index (κ3) is 4.90. The van der Waals surface area contributed by atoms with Crippen molar-refractivity contribution in [1.82, 2.24) is 19.7 Å². The van der Waals surface area contributed by atoms with Crippen LogP contribution in [0.1, 0.15) is 35.1 Å². The second kappa shape index (κ2) is 10.1. The van der Waals surface area contributed by atoms with Crippen molar-refractivity contribution in [2.24, 2.45) is 7.05 Å². The van der Waals surface area contributed by atoms with Gasteiger partial charge in [-0.1, -0.05) is 65.8 Å². The van der Waals surface area contributed by atoms with Crippen LogP contribution in [-0.4, -0.2) is 43.8 Å². The molecule has 178 valence electrons. The first-order valence-electron chi connectivity index (χ1n) is 11.4. The summed E-state index contributed by atoms with van der Waals surface area (Å²) >= 11 is 7.58. The van der Waals surface area contributed by atoms with Crippen molar-refractivity contribution in [1.29, 1.82) is 0 Å². The van der Waals surface area contributed by atoms with E-state index in [0.29, 0.717) is 28.1 Å². The summed E-state index contributed by atoms with van der Waals surface area (Å²) in [5, 5.41) is 14.9. The molecular weight excluding hydrogens is 482 g/mol. The zero-order valence-electron chi connectivity index (χ0n) is 19.1. The van der Waals surface area contributed by atoms with E-state index in [4.69, 9.17) is 11.6 Å². The summed E-state index contributed by atoms with van der Waals surface area (Å²) in [4.78, 5) is 27.5. The largest absolute Gasteiger partial charge is 0.328 e. The lowest BCUT2D eigenvalue weighted by Gasteiger charge is -2.24. The predicted molar refractivity (Wildman–Crippen MR) is 139 cm³/mol. The monoisotopic (exact) mass is 505 g/mol. The molecule has 1 fully saturated rings. The summed E-state index contributed by atoms with van der Waals surface area (Å²) in [5.74, 6) is 0.683. The molecule has 2 heterocycles. The van der Waals surface area contributed by atoms with Crippen LogP contribution in [0.5, 0.6) is 0 Å². The van der Waals surface area contributed by atoms with E-state index in [1.54, 1.807) is 12.1 Å². The van der Waals surface area contributed by atoms with E-state index in [-0.39, 0.29) is 23.6 Å². The van der Waals surface area contributed by atoms with Crippen LogP contribution < -0.4 is 5.32 Å². The smallest absolute Gasteiger partial charge is 0.255 e. The second-order valence-corrected chi connectivity index (χ2v) is 9.78. The lowest BCUT2D eigenvalue weighted by Crippen LogP contribution is -2.32. The fraction of sp³-hybridized carbons (Fsp3) is 0.231. The van der Waals surface area contributed by atoms with Gasteiger partial charge in [0.2, 0.25) is 5.91 Å². The van der Waals surface area contributed by atoms with Gasteiger partial charge < -0.3 is 14.8 Å². The highest BCUT2D eigenvalue weighted by Crippen LogP contribution is 2.34. The number of anilines is 1. The third-order valence-corrected chi connectivity index (χ3v) is 7.50. The Morgan fingerprint density at radius 2 is 1.83 bits per heavy atom. The topological polar surface area (TPSA) is 80.1 Å². The standard InChI is InChI=1S/C26H24ClN5O2S/c1-31-24(22-11-6-14-32(22)25(34)20-9-4-5-10-21(20)27)29-30-26(31)35-16-23(33)28-19-13-12-17-7-2-3-8-18(17)15-19/h2-5,7-10,12-13,15,22H,6,11,14,16H2,1H3,(H,28,33). The molecule has 5 rings (SSSR count). The number of rotatable bonds is 6. The molecular formula is C26H24ClN5O2S. The molecule has 35 heavy (non-hydrogen) atoms. The Labute approximate surface area is 212 Å². The van der Waals surface area contributed by atoms with Crippen LogP contribution in [0, 0.1) is 0 Å². The number of likely N-dealkylation sites (tertiary alicyclic amines) is 1. The van der Waals surface area contributed by atoms with Crippen molar-refractivity contribution in [3.05, 3.63) is 83.1 Å². The molecule has 1 atom stereocenters. The van der Waals surface area contributed by atoms with Crippen molar-refractivity contribution in [3.8, 4) is 0 Å². The van der Waals surface area contributed by atoms with Crippen molar-refractivity contribution in [2.45, 2.75) is 24.0 Å². The van der Waals surface area contributed by atoms with Gasteiger partial charge in [0.05, 0.1) is 22.4 Å². The number of nitrogens with zero attached hydrogens (tertiary/aromatic N) is 4. The molecule has 9 heteroatoms. The lowest BCUT2D eigenvalue weighted by molar-refractivity contribution is -0.113. The van der Waals surface area contributed by atoms with Gasteiger partial charge in [-0.3, -0.25) is 9.59 Å². The van der Waals surface area contributed by atoms with Crippen LogP contribution in [0.25, 0.3) is 10.8 Å². The van der Waals surface area contributed by atoms with Gasteiger partial charge in [0.25, 0.3) is 5.91 Å². The van der Waals surface area contributed by atoms with E-state index in [1.807, 2.05) is 71.1 Å². The molecule has 1 aliphatic rings.